The molecule has 0 aliphatic carbocycles. The number of carboxylic acids is 1. The van der Waals surface area contributed by atoms with E-state index < -0.39 is 27.9 Å². The van der Waals surface area contributed by atoms with Crippen LogP contribution in [0.2, 0.25) is 0 Å². The number of carbonyl (C=O) groups excluding carboxylic acids is 1. The van der Waals surface area contributed by atoms with Gasteiger partial charge in [0.25, 0.3) is 0 Å². The second-order valence-corrected chi connectivity index (χ2v) is 9.45. The highest BCUT2D eigenvalue weighted by atomic mass is 32.2. The molecule has 0 heterocycles. The number of amides is 1. The van der Waals surface area contributed by atoms with Crippen molar-refractivity contribution in [3.05, 3.63) is 23.8 Å². The lowest BCUT2D eigenvalue weighted by Gasteiger charge is -2.15. The van der Waals surface area contributed by atoms with E-state index in [1.54, 1.807) is 25.3 Å². The van der Waals surface area contributed by atoms with Crippen molar-refractivity contribution in [2.75, 3.05) is 25.7 Å². The monoisotopic (exact) mass is 446 g/mol. The third-order valence-corrected chi connectivity index (χ3v) is 4.75. The summed E-state index contributed by atoms with van der Waals surface area (Å²) in [7, 11) is -1.56. The Balaban J connectivity index is 0.000000612. The van der Waals surface area contributed by atoms with Gasteiger partial charge in [0, 0.05) is 19.2 Å². The van der Waals surface area contributed by atoms with Crippen LogP contribution in [0.15, 0.2) is 18.2 Å². The molecule has 1 amide bonds. The van der Waals surface area contributed by atoms with E-state index in [1.165, 1.54) is 13.2 Å². The third-order valence-electron chi connectivity index (χ3n) is 3.78. The Morgan fingerprint density at radius 1 is 1.23 bits per heavy atom. The van der Waals surface area contributed by atoms with Gasteiger partial charge in [-0.2, -0.15) is 0 Å². The van der Waals surface area contributed by atoms with Gasteiger partial charge in [-0.25, -0.2) is 13.2 Å². The quantitative estimate of drug-likeness (QED) is 0.493. The van der Waals surface area contributed by atoms with Crippen LogP contribution in [0.5, 0.6) is 11.5 Å². The molecule has 0 bridgehead atoms. The van der Waals surface area contributed by atoms with Crippen molar-refractivity contribution < 1.29 is 32.6 Å². The van der Waals surface area contributed by atoms with Gasteiger partial charge in [-0.05, 0) is 37.0 Å². The van der Waals surface area contributed by atoms with Gasteiger partial charge < -0.3 is 25.6 Å². The molecule has 0 spiro atoms. The first kappa shape index (κ1) is 27.7. The summed E-state index contributed by atoms with van der Waals surface area (Å²) in [5, 5.41) is 11.0. The minimum absolute atomic E-state index is 0.0924. The lowest BCUT2D eigenvalue weighted by atomic mass is 10.0. The van der Waals surface area contributed by atoms with Crippen molar-refractivity contribution in [2.24, 2.45) is 11.7 Å². The summed E-state index contributed by atoms with van der Waals surface area (Å²) < 4.78 is 33.0. The highest BCUT2D eigenvalue weighted by Crippen LogP contribution is 2.30. The number of benzene rings is 1. The van der Waals surface area contributed by atoms with Crippen LogP contribution in [0, 0.1) is 5.92 Å². The molecule has 30 heavy (non-hydrogen) atoms. The molecule has 0 aliphatic heterocycles. The summed E-state index contributed by atoms with van der Waals surface area (Å²) in [5.74, 6) is 0.0683. The van der Waals surface area contributed by atoms with E-state index in [-0.39, 0.29) is 17.6 Å². The molecule has 0 aliphatic rings. The van der Waals surface area contributed by atoms with Crippen molar-refractivity contribution >= 4 is 21.7 Å². The van der Waals surface area contributed by atoms with Crippen molar-refractivity contribution in [2.45, 2.75) is 46.2 Å². The number of methoxy groups -OCH3 is 1. The molecule has 0 unspecified atom stereocenters. The Labute approximate surface area is 178 Å². The Bertz CT molecular complexity index is 794. The molecule has 1 aromatic rings. The fraction of sp³-hybridized carbons (Fsp3) is 0.600. The number of carboxylic acid groups (broad SMARTS) is 1. The van der Waals surface area contributed by atoms with E-state index in [1.807, 2.05) is 20.8 Å². The number of carbonyl (C=O) groups is 2. The molecule has 1 rings (SSSR count). The standard InChI is InChI=1S/C12H19NO4S.C8H15NO3/c1-4-17-12-7-9(5-6-11(12)16-2)10(13)8-18(3,14)15;1-5(2)4-7(8(11)12)9-6(3)10/h5-7,10H,4,8,13H2,1-3H3;5,7H,4H2,1-3H3,(H,9,10)(H,11,12)/t10-;7-/m00/s1. The maximum absolute atomic E-state index is 11.2. The van der Waals surface area contributed by atoms with Gasteiger partial charge in [-0.15, -0.1) is 0 Å². The summed E-state index contributed by atoms with van der Waals surface area (Å²) in [4.78, 5) is 21.1. The predicted molar refractivity (Wildman–Crippen MR) is 115 cm³/mol. The molecule has 0 saturated carbocycles. The number of hydrogen-bond acceptors (Lipinski definition) is 7. The van der Waals surface area contributed by atoms with Crippen molar-refractivity contribution in [3.8, 4) is 11.5 Å². The van der Waals surface area contributed by atoms with E-state index in [0.717, 1.165) is 0 Å². The van der Waals surface area contributed by atoms with Crippen LogP contribution in [0.1, 0.15) is 45.7 Å². The molecule has 0 saturated heterocycles. The average Bonchev–Trinajstić information content (AvgIpc) is 2.59. The van der Waals surface area contributed by atoms with Crippen LogP contribution in [0.3, 0.4) is 0 Å². The van der Waals surface area contributed by atoms with E-state index >= 15 is 0 Å². The van der Waals surface area contributed by atoms with Crippen LogP contribution in [0.25, 0.3) is 0 Å². The van der Waals surface area contributed by atoms with Gasteiger partial charge in [-0.1, -0.05) is 19.9 Å². The number of hydrogen-bond donors (Lipinski definition) is 3. The number of nitrogens with two attached hydrogens (primary N) is 1. The van der Waals surface area contributed by atoms with E-state index in [4.69, 9.17) is 20.3 Å². The molecule has 4 N–H and O–H groups in total. The maximum atomic E-state index is 11.2. The first-order valence-electron chi connectivity index (χ1n) is 9.54. The van der Waals surface area contributed by atoms with E-state index in [0.29, 0.717) is 30.1 Å². The summed E-state index contributed by atoms with van der Waals surface area (Å²) in [6.07, 6.45) is 1.63. The molecule has 0 fully saturated rings. The maximum Gasteiger partial charge on any atom is 0.326 e. The Hall–Kier alpha value is -2.33. The lowest BCUT2D eigenvalue weighted by Crippen LogP contribution is -2.40. The van der Waals surface area contributed by atoms with E-state index in [9.17, 15) is 18.0 Å². The summed E-state index contributed by atoms with van der Waals surface area (Å²) in [6, 6.07) is 3.88. The zero-order valence-electron chi connectivity index (χ0n) is 18.5. The van der Waals surface area contributed by atoms with Crippen molar-refractivity contribution in [1.82, 2.24) is 5.32 Å². The molecule has 2 atom stereocenters. The largest absolute Gasteiger partial charge is 0.493 e. The van der Waals surface area contributed by atoms with Gasteiger partial charge >= 0.3 is 5.97 Å². The third kappa shape index (κ3) is 11.6. The van der Waals surface area contributed by atoms with Crippen LogP contribution < -0.4 is 20.5 Å². The van der Waals surface area contributed by atoms with Gasteiger partial charge in [0.05, 0.1) is 19.5 Å². The van der Waals surface area contributed by atoms with Gasteiger partial charge in [-0.3, -0.25) is 4.79 Å². The first-order chi connectivity index (χ1) is 13.8. The van der Waals surface area contributed by atoms with Crippen molar-refractivity contribution in [1.29, 1.82) is 0 Å². The Morgan fingerprint density at radius 2 is 1.83 bits per heavy atom. The number of aliphatic carboxylic acids is 1. The van der Waals surface area contributed by atoms with E-state index in [2.05, 4.69) is 5.32 Å². The number of nitrogens with one attached hydrogen (secondary N) is 1. The summed E-state index contributed by atoms with van der Waals surface area (Å²) >= 11 is 0. The van der Waals surface area contributed by atoms with Gasteiger partial charge in [0.15, 0.2) is 11.5 Å². The molecule has 10 heteroatoms. The van der Waals surface area contributed by atoms with Crippen LogP contribution >= 0.6 is 0 Å². The molecular weight excluding hydrogens is 412 g/mol. The minimum atomic E-state index is -3.11. The zero-order valence-corrected chi connectivity index (χ0v) is 19.3. The highest BCUT2D eigenvalue weighted by molar-refractivity contribution is 7.90. The Morgan fingerprint density at radius 3 is 2.23 bits per heavy atom. The smallest absolute Gasteiger partial charge is 0.326 e. The second-order valence-electron chi connectivity index (χ2n) is 7.26. The molecule has 172 valence electrons. The normalized spacial score (nSPS) is 12.9. The zero-order chi connectivity index (χ0) is 23.5. The molecular formula is C20H34N2O7S. The molecule has 1 aromatic carbocycles. The fourth-order valence-electron chi connectivity index (χ4n) is 2.55. The Kier molecular flexibility index (Phi) is 12.1. The van der Waals surface area contributed by atoms with Crippen molar-refractivity contribution in [3.63, 3.8) is 0 Å². The number of rotatable bonds is 10. The highest BCUT2D eigenvalue weighted by Gasteiger charge is 2.19. The number of sulfone groups is 1. The van der Waals surface area contributed by atoms with Gasteiger partial charge in [0.2, 0.25) is 5.91 Å². The van der Waals surface area contributed by atoms with Crippen LogP contribution in [0.4, 0.5) is 0 Å². The van der Waals surface area contributed by atoms with Crippen LogP contribution in [-0.4, -0.2) is 57.2 Å². The SMILES string of the molecule is CC(=O)N[C@@H](CC(C)C)C(=O)O.CCOc1cc([C@@H](N)CS(C)(=O)=O)ccc1OC. The molecule has 0 aromatic heterocycles. The summed E-state index contributed by atoms with van der Waals surface area (Å²) in [6.45, 7) is 7.51. The minimum Gasteiger partial charge on any atom is -0.493 e. The molecule has 9 nitrogen and oxygen atoms in total. The fourth-order valence-corrected chi connectivity index (χ4v) is 3.40. The predicted octanol–water partition coefficient (Wildman–Crippen LogP) is 1.76. The average molecular weight is 447 g/mol. The van der Waals surface area contributed by atoms with Gasteiger partial charge in [0.1, 0.15) is 15.9 Å². The first-order valence-corrected chi connectivity index (χ1v) is 11.6. The topological polar surface area (TPSA) is 145 Å². The number of ether oxygens (including phenoxy) is 2. The lowest BCUT2D eigenvalue weighted by molar-refractivity contribution is -0.142. The van der Waals surface area contributed by atoms with Crippen LogP contribution in [-0.2, 0) is 19.4 Å². The second kappa shape index (κ2) is 13.1. The summed E-state index contributed by atoms with van der Waals surface area (Å²) in [5.41, 5.74) is 6.57. The molecule has 0 radical (unpaired) electrons.